The highest BCUT2D eigenvalue weighted by Crippen LogP contribution is 2.16. The molecule has 0 aliphatic rings. The van der Waals surface area contributed by atoms with Crippen molar-refractivity contribution >= 4 is 12.0 Å². The standard InChI is InChI=1S/C13H26N2O3/c1-5-6-10(11(16)17)9-15-12(18)14-8-7-13(2,3)4/h10H,5-9H2,1-4H3,(H,16,17)(H2,14,15,18). The number of carbonyl (C=O) groups is 2. The molecule has 0 heterocycles. The van der Waals surface area contributed by atoms with E-state index in [9.17, 15) is 9.59 Å². The Labute approximate surface area is 109 Å². The van der Waals surface area contributed by atoms with E-state index >= 15 is 0 Å². The van der Waals surface area contributed by atoms with Gasteiger partial charge in [0.1, 0.15) is 0 Å². The van der Waals surface area contributed by atoms with Gasteiger partial charge in [-0.1, -0.05) is 34.1 Å². The van der Waals surface area contributed by atoms with Crippen LogP contribution in [0.15, 0.2) is 0 Å². The fourth-order valence-electron chi connectivity index (χ4n) is 1.49. The van der Waals surface area contributed by atoms with Gasteiger partial charge in [0.2, 0.25) is 0 Å². The summed E-state index contributed by atoms with van der Waals surface area (Å²) in [6.45, 7) is 9.03. The van der Waals surface area contributed by atoms with E-state index in [1.165, 1.54) is 0 Å². The molecule has 2 amide bonds. The van der Waals surface area contributed by atoms with Crippen molar-refractivity contribution in [3.63, 3.8) is 0 Å². The van der Waals surface area contributed by atoms with E-state index in [4.69, 9.17) is 5.11 Å². The molecule has 0 radical (unpaired) electrons. The Morgan fingerprint density at radius 1 is 1.22 bits per heavy atom. The zero-order chi connectivity index (χ0) is 14.2. The summed E-state index contributed by atoms with van der Waals surface area (Å²) in [6, 6.07) is -0.290. The number of nitrogens with one attached hydrogen (secondary N) is 2. The second-order valence-electron chi connectivity index (χ2n) is 5.77. The Morgan fingerprint density at radius 3 is 2.28 bits per heavy atom. The smallest absolute Gasteiger partial charge is 0.314 e. The molecule has 18 heavy (non-hydrogen) atoms. The molecular formula is C13H26N2O3. The molecule has 0 aliphatic heterocycles. The third-order valence-electron chi connectivity index (χ3n) is 2.66. The van der Waals surface area contributed by atoms with Gasteiger partial charge in [-0.15, -0.1) is 0 Å². The molecule has 1 unspecified atom stereocenters. The van der Waals surface area contributed by atoms with Crippen molar-refractivity contribution in [2.75, 3.05) is 13.1 Å². The number of carboxylic acid groups (broad SMARTS) is 1. The highest BCUT2D eigenvalue weighted by molar-refractivity contribution is 5.75. The van der Waals surface area contributed by atoms with Crippen molar-refractivity contribution in [3.8, 4) is 0 Å². The summed E-state index contributed by atoms with van der Waals surface area (Å²) < 4.78 is 0. The van der Waals surface area contributed by atoms with Crippen LogP contribution in [-0.4, -0.2) is 30.2 Å². The normalized spacial score (nSPS) is 12.9. The predicted octanol–water partition coefficient (Wildman–Crippen LogP) is 2.22. The van der Waals surface area contributed by atoms with Gasteiger partial charge >= 0.3 is 12.0 Å². The second kappa shape index (κ2) is 7.95. The monoisotopic (exact) mass is 258 g/mol. The van der Waals surface area contributed by atoms with Crippen LogP contribution in [0.1, 0.15) is 47.0 Å². The number of rotatable bonds is 7. The second-order valence-corrected chi connectivity index (χ2v) is 5.77. The van der Waals surface area contributed by atoms with Crippen molar-refractivity contribution in [1.82, 2.24) is 10.6 Å². The zero-order valence-electron chi connectivity index (χ0n) is 11.9. The number of hydrogen-bond acceptors (Lipinski definition) is 2. The highest BCUT2D eigenvalue weighted by atomic mass is 16.4. The van der Waals surface area contributed by atoms with E-state index < -0.39 is 11.9 Å². The zero-order valence-corrected chi connectivity index (χ0v) is 11.9. The Bertz CT molecular complexity index is 272. The van der Waals surface area contributed by atoms with Crippen LogP contribution in [0.25, 0.3) is 0 Å². The number of amides is 2. The Balaban J connectivity index is 3.84. The first-order valence-corrected chi connectivity index (χ1v) is 6.50. The van der Waals surface area contributed by atoms with E-state index in [0.29, 0.717) is 13.0 Å². The predicted molar refractivity (Wildman–Crippen MR) is 71.5 cm³/mol. The fraction of sp³-hybridized carbons (Fsp3) is 0.846. The minimum atomic E-state index is -0.855. The van der Waals surface area contributed by atoms with Gasteiger partial charge in [0.05, 0.1) is 5.92 Å². The molecule has 0 aromatic carbocycles. The topological polar surface area (TPSA) is 78.4 Å². The average Bonchev–Trinajstić information content (AvgIpc) is 2.21. The highest BCUT2D eigenvalue weighted by Gasteiger charge is 2.17. The Morgan fingerprint density at radius 2 is 1.83 bits per heavy atom. The van der Waals surface area contributed by atoms with Crippen molar-refractivity contribution < 1.29 is 14.7 Å². The molecule has 0 rings (SSSR count). The SMILES string of the molecule is CCCC(CNC(=O)NCCC(C)(C)C)C(=O)O. The number of urea groups is 1. The van der Waals surface area contributed by atoms with Crippen molar-refractivity contribution in [2.45, 2.75) is 47.0 Å². The molecule has 0 aliphatic carbocycles. The molecule has 1 atom stereocenters. The lowest BCUT2D eigenvalue weighted by Crippen LogP contribution is -2.40. The molecule has 0 bridgehead atoms. The Kier molecular flexibility index (Phi) is 7.39. The molecule has 0 fully saturated rings. The molecule has 0 aromatic rings. The van der Waals surface area contributed by atoms with Crippen LogP contribution >= 0.6 is 0 Å². The van der Waals surface area contributed by atoms with Gasteiger partial charge in [0, 0.05) is 13.1 Å². The van der Waals surface area contributed by atoms with Crippen LogP contribution in [0, 0.1) is 11.3 Å². The molecule has 0 spiro atoms. The summed E-state index contributed by atoms with van der Waals surface area (Å²) in [6.07, 6.45) is 2.26. The van der Waals surface area contributed by atoms with Crippen LogP contribution in [0.3, 0.4) is 0 Å². The van der Waals surface area contributed by atoms with Crippen molar-refractivity contribution in [3.05, 3.63) is 0 Å². The Hall–Kier alpha value is -1.26. The number of carbonyl (C=O) groups excluding carboxylic acids is 1. The minimum Gasteiger partial charge on any atom is -0.481 e. The third kappa shape index (κ3) is 8.84. The molecular weight excluding hydrogens is 232 g/mol. The summed E-state index contributed by atoms with van der Waals surface area (Å²) in [5, 5.41) is 14.3. The van der Waals surface area contributed by atoms with Gasteiger partial charge < -0.3 is 15.7 Å². The summed E-state index contributed by atoms with van der Waals surface area (Å²) in [5.41, 5.74) is 0.180. The third-order valence-corrected chi connectivity index (χ3v) is 2.66. The van der Waals surface area contributed by atoms with Gasteiger partial charge in [0.25, 0.3) is 0 Å². The fourth-order valence-corrected chi connectivity index (χ4v) is 1.49. The van der Waals surface area contributed by atoms with Crippen LogP contribution in [0.4, 0.5) is 4.79 Å². The number of aliphatic carboxylic acids is 1. The maximum Gasteiger partial charge on any atom is 0.314 e. The first-order chi connectivity index (χ1) is 8.26. The van der Waals surface area contributed by atoms with E-state index in [-0.39, 0.29) is 18.0 Å². The largest absolute Gasteiger partial charge is 0.481 e. The molecule has 0 saturated heterocycles. The van der Waals surface area contributed by atoms with Crippen molar-refractivity contribution in [2.24, 2.45) is 11.3 Å². The van der Waals surface area contributed by atoms with E-state index in [1.54, 1.807) is 0 Å². The van der Waals surface area contributed by atoms with E-state index in [0.717, 1.165) is 12.8 Å². The van der Waals surface area contributed by atoms with Crippen LogP contribution in [-0.2, 0) is 4.79 Å². The summed E-state index contributed by atoms with van der Waals surface area (Å²) in [7, 11) is 0. The van der Waals surface area contributed by atoms with Gasteiger partial charge in [-0.25, -0.2) is 4.79 Å². The number of carboxylic acids is 1. The average molecular weight is 258 g/mol. The van der Waals surface area contributed by atoms with Gasteiger partial charge in [-0.3, -0.25) is 4.79 Å². The first kappa shape index (κ1) is 16.7. The molecule has 106 valence electrons. The molecule has 0 saturated carbocycles. The van der Waals surface area contributed by atoms with Gasteiger partial charge in [-0.2, -0.15) is 0 Å². The maximum atomic E-state index is 11.4. The first-order valence-electron chi connectivity index (χ1n) is 6.50. The van der Waals surface area contributed by atoms with E-state index in [2.05, 4.69) is 31.4 Å². The lowest BCUT2D eigenvalue weighted by Gasteiger charge is -2.18. The van der Waals surface area contributed by atoms with Gasteiger partial charge in [0.15, 0.2) is 0 Å². The summed E-state index contributed by atoms with van der Waals surface area (Å²) in [4.78, 5) is 22.3. The maximum absolute atomic E-state index is 11.4. The van der Waals surface area contributed by atoms with Crippen LogP contribution < -0.4 is 10.6 Å². The molecule has 5 heteroatoms. The molecule has 3 N–H and O–H groups in total. The van der Waals surface area contributed by atoms with Crippen LogP contribution in [0.2, 0.25) is 0 Å². The lowest BCUT2D eigenvalue weighted by molar-refractivity contribution is -0.141. The van der Waals surface area contributed by atoms with Crippen LogP contribution in [0.5, 0.6) is 0 Å². The minimum absolute atomic E-state index is 0.180. The molecule has 5 nitrogen and oxygen atoms in total. The number of hydrogen-bond donors (Lipinski definition) is 3. The van der Waals surface area contributed by atoms with E-state index in [1.807, 2.05) is 6.92 Å². The quantitative estimate of drug-likeness (QED) is 0.655. The summed E-state index contributed by atoms with van der Waals surface area (Å²) >= 11 is 0. The summed E-state index contributed by atoms with van der Waals surface area (Å²) in [5.74, 6) is -1.35. The lowest BCUT2D eigenvalue weighted by atomic mass is 9.92. The van der Waals surface area contributed by atoms with Gasteiger partial charge in [-0.05, 0) is 18.3 Å². The molecule has 0 aromatic heterocycles. The van der Waals surface area contributed by atoms with Crippen molar-refractivity contribution in [1.29, 1.82) is 0 Å².